The maximum atomic E-state index is 13.3. The monoisotopic (exact) mass is 381 g/mol. The number of nitrogens with zero attached hydrogens (tertiary/aromatic N) is 3. The summed E-state index contributed by atoms with van der Waals surface area (Å²) in [4.78, 5) is 24.3. The Morgan fingerprint density at radius 2 is 2.04 bits per heavy atom. The highest BCUT2D eigenvalue weighted by Crippen LogP contribution is 2.20. The van der Waals surface area contributed by atoms with Crippen LogP contribution in [-0.2, 0) is 11.3 Å². The molecule has 1 aliphatic heterocycles. The Morgan fingerprint density at radius 3 is 2.74 bits per heavy atom. The first kappa shape index (κ1) is 18.1. The number of hydrogen-bond donors (Lipinski definition) is 0. The molecule has 1 atom stereocenters. The van der Waals surface area contributed by atoms with E-state index in [2.05, 4.69) is 21.4 Å². The Balaban J connectivity index is 1.62. The molecule has 0 N–H and O–H groups in total. The van der Waals surface area contributed by atoms with Crippen molar-refractivity contribution in [2.75, 3.05) is 13.2 Å². The first-order valence-electron chi connectivity index (χ1n) is 9.27. The van der Waals surface area contributed by atoms with E-state index in [0.29, 0.717) is 18.7 Å². The molecule has 0 aliphatic carbocycles. The Labute approximate surface area is 163 Å². The predicted molar refractivity (Wildman–Crippen MR) is 107 cm³/mol. The quantitative estimate of drug-likeness (QED) is 0.667. The average molecular weight is 382 g/mol. The number of thiophene rings is 1. The van der Waals surface area contributed by atoms with Crippen molar-refractivity contribution in [2.24, 2.45) is 0 Å². The van der Waals surface area contributed by atoms with Gasteiger partial charge < -0.3 is 9.64 Å². The third kappa shape index (κ3) is 4.01. The minimum absolute atomic E-state index is 0.0126. The van der Waals surface area contributed by atoms with E-state index in [1.54, 1.807) is 11.3 Å². The Morgan fingerprint density at radius 1 is 1.22 bits per heavy atom. The molecule has 1 aromatic carbocycles. The first-order chi connectivity index (χ1) is 13.1. The van der Waals surface area contributed by atoms with Gasteiger partial charge in [-0.2, -0.15) is 11.3 Å². The fraction of sp³-hybridized carbons (Fsp3) is 0.381. The van der Waals surface area contributed by atoms with Crippen LogP contribution in [0.3, 0.4) is 0 Å². The molecule has 27 heavy (non-hydrogen) atoms. The summed E-state index contributed by atoms with van der Waals surface area (Å²) < 4.78 is 5.77. The highest BCUT2D eigenvalue weighted by atomic mass is 32.1. The van der Waals surface area contributed by atoms with Crippen molar-refractivity contribution >= 4 is 28.3 Å². The summed E-state index contributed by atoms with van der Waals surface area (Å²) in [5.74, 6) is 0.0126. The number of ether oxygens (including phenoxy) is 1. The maximum absolute atomic E-state index is 13.3. The first-order valence-corrected chi connectivity index (χ1v) is 10.2. The number of fused-ring (bicyclic) bond motifs is 1. The van der Waals surface area contributed by atoms with Crippen LogP contribution >= 0.6 is 11.3 Å². The number of carbonyl (C=O) groups is 1. The van der Waals surface area contributed by atoms with Crippen LogP contribution in [0.4, 0.5) is 0 Å². The second kappa shape index (κ2) is 7.74. The SMILES string of the molecule is Cc1nc2ccc(C(=O)N(Cc3ccsc3)C[C@@H]3CCCO3)cc2nc1C. The van der Waals surface area contributed by atoms with Crippen molar-refractivity contribution in [2.45, 2.75) is 39.3 Å². The molecule has 1 fully saturated rings. The van der Waals surface area contributed by atoms with Crippen LogP contribution in [0.5, 0.6) is 0 Å². The van der Waals surface area contributed by atoms with Crippen LogP contribution < -0.4 is 0 Å². The van der Waals surface area contributed by atoms with Crippen molar-refractivity contribution in [3.8, 4) is 0 Å². The summed E-state index contributed by atoms with van der Waals surface area (Å²) in [5.41, 5.74) is 5.18. The van der Waals surface area contributed by atoms with Gasteiger partial charge in [0.15, 0.2) is 0 Å². The number of rotatable bonds is 5. The van der Waals surface area contributed by atoms with Crippen molar-refractivity contribution in [3.05, 3.63) is 57.5 Å². The highest BCUT2D eigenvalue weighted by molar-refractivity contribution is 7.07. The average Bonchev–Trinajstić information content (AvgIpc) is 3.35. The fourth-order valence-corrected chi connectivity index (χ4v) is 4.06. The van der Waals surface area contributed by atoms with Gasteiger partial charge in [-0.25, -0.2) is 9.97 Å². The second-order valence-corrected chi connectivity index (χ2v) is 7.83. The van der Waals surface area contributed by atoms with Crippen LogP contribution in [0.1, 0.15) is 40.2 Å². The van der Waals surface area contributed by atoms with E-state index in [9.17, 15) is 4.79 Å². The van der Waals surface area contributed by atoms with Crippen molar-refractivity contribution in [1.29, 1.82) is 0 Å². The zero-order valence-corrected chi connectivity index (χ0v) is 16.5. The molecule has 3 heterocycles. The van der Waals surface area contributed by atoms with E-state index in [1.165, 1.54) is 0 Å². The summed E-state index contributed by atoms with van der Waals surface area (Å²) in [6.45, 7) is 5.89. The Kier molecular flexibility index (Phi) is 5.18. The van der Waals surface area contributed by atoms with E-state index in [4.69, 9.17) is 4.74 Å². The van der Waals surface area contributed by atoms with Gasteiger partial charge in [0.2, 0.25) is 0 Å². The van der Waals surface area contributed by atoms with Crippen LogP contribution in [-0.4, -0.2) is 40.0 Å². The van der Waals surface area contributed by atoms with Gasteiger partial charge in [0.25, 0.3) is 5.91 Å². The van der Waals surface area contributed by atoms with Gasteiger partial charge in [-0.15, -0.1) is 0 Å². The molecule has 3 aromatic rings. The summed E-state index contributed by atoms with van der Waals surface area (Å²) in [5, 5.41) is 4.13. The number of hydrogen-bond acceptors (Lipinski definition) is 5. The third-order valence-electron chi connectivity index (χ3n) is 5.01. The van der Waals surface area contributed by atoms with Gasteiger partial charge in [-0.05, 0) is 67.3 Å². The van der Waals surface area contributed by atoms with Crippen LogP contribution in [0.2, 0.25) is 0 Å². The Hall–Kier alpha value is -2.31. The number of aryl methyl sites for hydroxylation is 2. The normalized spacial score (nSPS) is 16.7. The van der Waals surface area contributed by atoms with E-state index in [0.717, 1.165) is 47.4 Å². The van der Waals surface area contributed by atoms with Crippen LogP contribution in [0.15, 0.2) is 35.0 Å². The van der Waals surface area contributed by atoms with Gasteiger partial charge >= 0.3 is 0 Å². The molecular weight excluding hydrogens is 358 g/mol. The lowest BCUT2D eigenvalue weighted by atomic mass is 10.1. The zero-order chi connectivity index (χ0) is 18.8. The van der Waals surface area contributed by atoms with E-state index in [1.807, 2.05) is 42.3 Å². The van der Waals surface area contributed by atoms with Gasteiger partial charge in [0.05, 0.1) is 28.5 Å². The molecule has 0 spiro atoms. The summed E-state index contributed by atoms with van der Waals surface area (Å²) in [6.07, 6.45) is 2.20. The zero-order valence-electron chi connectivity index (χ0n) is 15.6. The maximum Gasteiger partial charge on any atom is 0.254 e. The lowest BCUT2D eigenvalue weighted by Crippen LogP contribution is -2.36. The Bertz CT molecular complexity index is 949. The largest absolute Gasteiger partial charge is 0.376 e. The van der Waals surface area contributed by atoms with Gasteiger partial charge in [0.1, 0.15) is 0 Å². The molecular formula is C21H23N3O2S. The molecule has 1 saturated heterocycles. The minimum atomic E-state index is 0.0126. The molecule has 0 saturated carbocycles. The summed E-state index contributed by atoms with van der Waals surface area (Å²) in [7, 11) is 0. The van der Waals surface area contributed by atoms with Crippen LogP contribution in [0, 0.1) is 13.8 Å². The number of aromatic nitrogens is 2. The second-order valence-electron chi connectivity index (χ2n) is 7.05. The predicted octanol–water partition coefficient (Wildman–Crippen LogP) is 4.13. The standard InChI is InChI=1S/C21H23N3O2S/c1-14-15(2)23-20-10-17(5-6-19(20)22-14)21(25)24(11-16-7-9-27-13-16)12-18-4-3-8-26-18/h5-7,9-10,13,18H,3-4,8,11-12H2,1-2H3/t18-/m0/s1. The smallest absolute Gasteiger partial charge is 0.254 e. The molecule has 0 bridgehead atoms. The third-order valence-corrected chi connectivity index (χ3v) is 5.74. The van der Waals surface area contributed by atoms with Gasteiger partial charge in [-0.1, -0.05) is 0 Å². The minimum Gasteiger partial charge on any atom is -0.376 e. The number of benzene rings is 1. The molecule has 4 rings (SSSR count). The van der Waals surface area contributed by atoms with E-state index < -0.39 is 0 Å². The molecule has 1 amide bonds. The number of amides is 1. The van der Waals surface area contributed by atoms with Crippen molar-refractivity contribution in [1.82, 2.24) is 14.9 Å². The molecule has 6 heteroatoms. The molecule has 140 valence electrons. The van der Waals surface area contributed by atoms with E-state index >= 15 is 0 Å². The lowest BCUT2D eigenvalue weighted by molar-refractivity contribution is 0.0507. The fourth-order valence-electron chi connectivity index (χ4n) is 3.40. The topological polar surface area (TPSA) is 55.3 Å². The molecule has 2 aromatic heterocycles. The lowest BCUT2D eigenvalue weighted by Gasteiger charge is -2.25. The van der Waals surface area contributed by atoms with Crippen LogP contribution in [0.25, 0.3) is 11.0 Å². The molecule has 0 unspecified atom stereocenters. The molecule has 0 radical (unpaired) electrons. The van der Waals surface area contributed by atoms with Crippen molar-refractivity contribution < 1.29 is 9.53 Å². The molecule has 1 aliphatic rings. The highest BCUT2D eigenvalue weighted by Gasteiger charge is 2.24. The summed E-state index contributed by atoms with van der Waals surface area (Å²) in [6, 6.07) is 7.66. The molecule has 5 nitrogen and oxygen atoms in total. The van der Waals surface area contributed by atoms with Crippen molar-refractivity contribution in [3.63, 3.8) is 0 Å². The van der Waals surface area contributed by atoms with Gasteiger partial charge in [-0.3, -0.25) is 4.79 Å². The number of carbonyl (C=O) groups excluding carboxylic acids is 1. The van der Waals surface area contributed by atoms with E-state index in [-0.39, 0.29) is 12.0 Å². The van der Waals surface area contributed by atoms with Gasteiger partial charge in [0, 0.05) is 25.3 Å². The summed E-state index contributed by atoms with van der Waals surface area (Å²) >= 11 is 1.65.